The Hall–Kier alpha value is -1.88. The molecule has 2 heterocycles. The van der Waals surface area contributed by atoms with E-state index in [4.69, 9.17) is 4.74 Å². The molecule has 5 nitrogen and oxygen atoms in total. The van der Waals surface area contributed by atoms with Gasteiger partial charge in [0.15, 0.2) is 0 Å². The van der Waals surface area contributed by atoms with Crippen LogP contribution in [0.15, 0.2) is 24.3 Å². The van der Waals surface area contributed by atoms with E-state index in [2.05, 4.69) is 0 Å². The quantitative estimate of drug-likeness (QED) is 0.869. The van der Waals surface area contributed by atoms with Crippen molar-refractivity contribution in [2.75, 3.05) is 11.5 Å². The first kappa shape index (κ1) is 12.2. The van der Waals surface area contributed by atoms with Gasteiger partial charge in [-0.2, -0.15) is 0 Å². The Morgan fingerprint density at radius 3 is 2.79 bits per heavy atom. The highest BCUT2D eigenvalue weighted by molar-refractivity contribution is 6.04. The molecule has 0 spiro atoms. The lowest BCUT2D eigenvalue weighted by Crippen LogP contribution is -2.47. The Labute approximate surface area is 110 Å². The largest absolute Gasteiger partial charge is 0.480 e. The third kappa shape index (κ3) is 2.00. The van der Waals surface area contributed by atoms with Crippen molar-refractivity contribution in [1.29, 1.82) is 0 Å². The molecule has 1 fully saturated rings. The SMILES string of the molecule is O=C(O)C1Cc2ccccc2N1C(=O)[C@H]1CCCO1. The zero-order valence-corrected chi connectivity index (χ0v) is 10.4. The minimum atomic E-state index is -0.970. The Balaban J connectivity index is 1.95. The lowest BCUT2D eigenvalue weighted by Gasteiger charge is -2.25. The van der Waals surface area contributed by atoms with E-state index in [0.717, 1.165) is 12.0 Å². The van der Waals surface area contributed by atoms with Gasteiger partial charge in [-0.1, -0.05) is 18.2 Å². The van der Waals surface area contributed by atoms with Crippen molar-refractivity contribution in [2.45, 2.75) is 31.4 Å². The molecule has 0 saturated carbocycles. The summed E-state index contributed by atoms with van der Waals surface area (Å²) in [5.41, 5.74) is 1.61. The Bertz CT molecular complexity index is 522. The number of nitrogens with zero attached hydrogens (tertiary/aromatic N) is 1. The number of aliphatic carboxylic acids is 1. The second kappa shape index (κ2) is 4.66. The van der Waals surface area contributed by atoms with Gasteiger partial charge in [0.05, 0.1) is 0 Å². The lowest BCUT2D eigenvalue weighted by atomic mass is 10.1. The van der Waals surface area contributed by atoms with Gasteiger partial charge in [0.1, 0.15) is 12.1 Å². The molecule has 1 saturated heterocycles. The number of hydrogen-bond acceptors (Lipinski definition) is 3. The fraction of sp³-hybridized carbons (Fsp3) is 0.429. The number of rotatable bonds is 2. The van der Waals surface area contributed by atoms with Gasteiger partial charge < -0.3 is 9.84 Å². The van der Waals surface area contributed by atoms with E-state index < -0.39 is 18.1 Å². The minimum Gasteiger partial charge on any atom is -0.480 e. The first-order valence-corrected chi connectivity index (χ1v) is 6.44. The smallest absolute Gasteiger partial charge is 0.327 e. The maximum absolute atomic E-state index is 12.5. The predicted molar refractivity (Wildman–Crippen MR) is 68.0 cm³/mol. The van der Waals surface area contributed by atoms with E-state index in [-0.39, 0.29) is 5.91 Å². The zero-order valence-electron chi connectivity index (χ0n) is 10.4. The summed E-state index contributed by atoms with van der Waals surface area (Å²) in [7, 11) is 0. The van der Waals surface area contributed by atoms with Crippen LogP contribution in [0.5, 0.6) is 0 Å². The fourth-order valence-electron chi connectivity index (χ4n) is 2.78. The summed E-state index contributed by atoms with van der Waals surface area (Å²) < 4.78 is 5.39. The van der Waals surface area contributed by atoms with E-state index in [1.807, 2.05) is 18.2 Å². The topological polar surface area (TPSA) is 66.8 Å². The van der Waals surface area contributed by atoms with E-state index in [9.17, 15) is 14.7 Å². The van der Waals surface area contributed by atoms with Crippen LogP contribution in [0.25, 0.3) is 0 Å². The molecule has 0 aliphatic carbocycles. The van der Waals surface area contributed by atoms with Crippen LogP contribution in [0.2, 0.25) is 0 Å². The number of carboxylic acid groups (broad SMARTS) is 1. The standard InChI is InChI=1S/C14H15NO4/c16-13(12-6-3-7-19-12)15-10-5-2-1-4-9(10)8-11(15)14(17)18/h1-2,4-5,11-12H,3,6-8H2,(H,17,18)/t11?,12-/m1/s1. The molecule has 1 N–H and O–H groups in total. The number of fused-ring (bicyclic) bond motifs is 1. The fourth-order valence-corrected chi connectivity index (χ4v) is 2.78. The summed E-state index contributed by atoms with van der Waals surface area (Å²) in [6.45, 7) is 0.573. The van der Waals surface area contributed by atoms with Crippen LogP contribution in [-0.2, 0) is 20.7 Å². The summed E-state index contributed by atoms with van der Waals surface area (Å²) in [5.74, 6) is -1.20. The van der Waals surface area contributed by atoms with Gasteiger partial charge in [-0.15, -0.1) is 0 Å². The van der Waals surface area contributed by atoms with E-state index in [1.165, 1.54) is 4.90 Å². The Morgan fingerprint density at radius 1 is 1.32 bits per heavy atom. The second-order valence-corrected chi connectivity index (χ2v) is 4.90. The monoisotopic (exact) mass is 261 g/mol. The van der Waals surface area contributed by atoms with Crippen LogP contribution in [0, 0.1) is 0 Å². The third-order valence-corrected chi connectivity index (χ3v) is 3.70. The highest BCUT2D eigenvalue weighted by Gasteiger charge is 2.41. The molecule has 5 heteroatoms. The average molecular weight is 261 g/mol. The number of hydrogen-bond donors (Lipinski definition) is 1. The van der Waals surface area contributed by atoms with Crippen LogP contribution in [-0.4, -0.2) is 35.7 Å². The molecule has 1 aromatic rings. The van der Waals surface area contributed by atoms with Gasteiger partial charge in [0, 0.05) is 18.7 Å². The number of para-hydroxylation sites is 1. The maximum Gasteiger partial charge on any atom is 0.327 e. The predicted octanol–water partition coefficient (Wildman–Crippen LogP) is 1.21. The van der Waals surface area contributed by atoms with Crippen molar-refractivity contribution in [3.8, 4) is 0 Å². The molecule has 100 valence electrons. The molecule has 2 aliphatic rings. The number of carboxylic acids is 1. The molecule has 1 aromatic carbocycles. The van der Waals surface area contributed by atoms with Crippen molar-refractivity contribution < 1.29 is 19.4 Å². The molecular weight excluding hydrogens is 246 g/mol. The van der Waals surface area contributed by atoms with E-state index in [1.54, 1.807) is 6.07 Å². The summed E-state index contributed by atoms with van der Waals surface area (Å²) in [5, 5.41) is 9.31. The van der Waals surface area contributed by atoms with Gasteiger partial charge in [0.2, 0.25) is 0 Å². The molecule has 0 radical (unpaired) electrons. The Kier molecular flexibility index (Phi) is 2.98. The van der Waals surface area contributed by atoms with Crippen LogP contribution in [0.3, 0.4) is 0 Å². The number of carbonyl (C=O) groups is 2. The number of carbonyl (C=O) groups excluding carboxylic acids is 1. The number of benzene rings is 1. The second-order valence-electron chi connectivity index (χ2n) is 4.90. The average Bonchev–Trinajstić information content (AvgIpc) is 3.05. The van der Waals surface area contributed by atoms with Crippen molar-refractivity contribution in [3.63, 3.8) is 0 Å². The summed E-state index contributed by atoms with van der Waals surface area (Å²) >= 11 is 0. The lowest BCUT2D eigenvalue weighted by molar-refractivity contribution is -0.141. The number of ether oxygens (including phenoxy) is 1. The first-order chi connectivity index (χ1) is 9.18. The maximum atomic E-state index is 12.5. The first-order valence-electron chi connectivity index (χ1n) is 6.44. The van der Waals surface area contributed by atoms with Crippen molar-refractivity contribution in [3.05, 3.63) is 29.8 Å². The highest BCUT2D eigenvalue weighted by Crippen LogP contribution is 2.33. The van der Waals surface area contributed by atoms with Gasteiger partial charge in [-0.3, -0.25) is 9.69 Å². The normalized spacial score (nSPS) is 25.4. The van der Waals surface area contributed by atoms with E-state index >= 15 is 0 Å². The van der Waals surface area contributed by atoms with Crippen LogP contribution in [0.4, 0.5) is 5.69 Å². The molecule has 0 bridgehead atoms. The van der Waals surface area contributed by atoms with Crippen LogP contribution < -0.4 is 4.90 Å². The van der Waals surface area contributed by atoms with Crippen molar-refractivity contribution in [2.24, 2.45) is 0 Å². The summed E-state index contributed by atoms with van der Waals surface area (Å²) in [6, 6.07) is 6.53. The van der Waals surface area contributed by atoms with Gasteiger partial charge >= 0.3 is 5.97 Å². The van der Waals surface area contributed by atoms with Crippen LogP contribution >= 0.6 is 0 Å². The molecule has 1 unspecified atom stereocenters. The number of amides is 1. The summed E-state index contributed by atoms with van der Waals surface area (Å²) in [4.78, 5) is 25.2. The van der Waals surface area contributed by atoms with Crippen LogP contribution in [0.1, 0.15) is 18.4 Å². The van der Waals surface area contributed by atoms with Gasteiger partial charge in [-0.25, -0.2) is 4.79 Å². The highest BCUT2D eigenvalue weighted by atomic mass is 16.5. The summed E-state index contributed by atoms with van der Waals surface area (Å²) in [6.07, 6.45) is 1.39. The molecular formula is C14H15NO4. The van der Waals surface area contributed by atoms with Gasteiger partial charge in [0.25, 0.3) is 5.91 Å². The molecule has 2 aliphatic heterocycles. The molecule has 3 rings (SSSR count). The van der Waals surface area contributed by atoms with Crippen molar-refractivity contribution in [1.82, 2.24) is 0 Å². The Morgan fingerprint density at radius 2 is 2.11 bits per heavy atom. The zero-order chi connectivity index (χ0) is 13.4. The van der Waals surface area contributed by atoms with Gasteiger partial charge in [-0.05, 0) is 24.5 Å². The molecule has 0 aromatic heterocycles. The molecule has 19 heavy (non-hydrogen) atoms. The third-order valence-electron chi connectivity index (χ3n) is 3.70. The minimum absolute atomic E-state index is 0.227. The van der Waals surface area contributed by atoms with E-state index in [0.29, 0.717) is 25.1 Å². The molecule has 1 amide bonds. The molecule has 2 atom stereocenters. The number of anilines is 1. The van der Waals surface area contributed by atoms with Crippen molar-refractivity contribution >= 4 is 17.6 Å².